The van der Waals surface area contributed by atoms with Gasteiger partial charge in [0.2, 0.25) is 0 Å². The Bertz CT molecular complexity index is 492. The third kappa shape index (κ3) is 1.86. The van der Waals surface area contributed by atoms with Crippen molar-refractivity contribution >= 4 is 17.1 Å². The Morgan fingerprint density at radius 1 is 0.733 bits per heavy atom. The van der Waals surface area contributed by atoms with Gasteiger partial charge in [-0.15, -0.1) is 0 Å². The van der Waals surface area contributed by atoms with Crippen LogP contribution >= 0.6 is 0 Å². The molecule has 0 aliphatic heterocycles. The predicted molar refractivity (Wildman–Crippen MR) is 60.1 cm³/mol. The van der Waals surface area contributed by atoms with Gasteiger partial charge in [0.15, 0.2) is 0 Å². The first-order valence-corrected chi connectivity index (χ1v) is 4.56. The van der Waals surface area contributed by atoms with Crippen LogP contribution in [0.25, 0.3) is 11.1 Å². The van der Waals surface area contributed by atoms with Crippen LogP contribution in [0.15, 0.2) is 42.5 Å². The molecule has 0 aromatic heterocycles. The number of hydrogen-bond donors (Lipinski definition) is 0. The summed E-state index contributed by atoms with van der Waals surface area (Å²) in [5.74, 6) is 0. The molecule has 0 bridgehead atoms. The van der Waals surface area contributed by atoms with E-state index in [0.29, 0.717) is 22.6 Å². The molecule has 0 aliphatic carbocycles. The fraction of sp³-hybridized carbons (Fsp3) is 0. The Kier molecular flexibility index (Phi) is 2.21. The molecule has 3 heteroatoms. The van der Waals surface area contributed by atoms with E-state index in [4.69, 9.17) is 17.2 Å². The van der Waals surface area contributed by atoms with Crippen molar-refractivity contribution in [2.75, 3.05) is 0 Å². The second kappa shape index (κ2) is 3.53. The van der Waals surface area contributed by atoms with Gasteiger partial charge in [0.05, 0.1) is 17.1 Å². The summed E-state index contributed by atoms with van der Waals surface area (Å²) in [5, 5.41) is 0. The van der Waals surface area contributed by atoms with Crippen molar-refractivity contribution in [3.63, 3.8) is 0 Å². The van der Waals surface area contributed by atoms with Gasteiger partial charge in [-0.05, 0) is 35.9 Å². The van der Waals surface area contributed by atoms with Crippen LogP contribution in [-0.2, 0) is 0 Å². The molecule has 0 aliphatic rings. The summed E-state index contributed by atoms with van der Waals surface area (Å²) >= 11 is 0. The van der Waals surface area contributed by atoms with E-state index in [1.165, 1.54) is 0 Å². The molecule has 15 heavy (non-hydrogen) atoms. The summed E-state index contributed by atoms with van der Waals surface area (Å²) in [7, 11) is 0. The van der Waals surface area contributed by atoms with Gasteiger partial charge in [0.1, 0.15) is 0 Å². The van der Waals surface area contributed by atoms with E-state index < -0.39 is 0 Å². The van der Waals surface area contributed by atoms with E-state index in [9.17, 15) is 0 Å². The van der Waals surface area contributed by atoms with E-state index in [0.717, 1.165) is 5.56 Å². The number of rotatable bonds is 1. The van der Waals surface area contributed by atoms with Crippen LogP contribution in [0.5, 0.6) is 0 Å². The van der Waals surface area contributed by atoms with Crippen molar-refractivity contribution in [2.24, 2.45) is 0 Å². The Labute approximate surface area is 88.5 Å². The zero-order valence-electron chi connectivity index (χ0n) is 8.04. The SMILES string of the molecule is [NH]c1cccc(-c2cc([NH])ccc2[NH])c1. The first-order valence-electron chi connectivity index (χ1n) is 4.56. The van der Waals surface area contributed by atoms with Gasteiger partial charge >= 0.3 is 0 Å². The number of hydrogen-bond acceptors (Lipinski definition) is 0. The molecular weight excluding hydrogens is 186 g/mol. The topological polar surface area (TPSA) is 71.4 Å². The first-order chi connectivity index (χ1) is 7.16. The lowest BCUT2D eigenvalue weighted by molar-refractivity contribution is 1.42. The fourth-order valence-electron chi connectivity index (χ4n) is 1.47. The molecule has 3 nitrogen and oxygen atoms in total. The highest BCUT2D eigenvalue weighted by atomic mass is 14.6. The predicted octanol–water partition coefficient (Wildman–Crippen LogP) is 3.10. The molecule has 3 radical (unpaired) electrons. The first kappa shape index (κ1) is 9.40. The minimum Gasteiger partial charge on any atom is -0.301 e. The lowest BCUT2D eigenvalue weighted by Crippen LogP contribution is -1.82. The van der Waals surface area contributed by atoms with Crippen molar-refractivity contribution in [3.05, 3.63) is 42.5 Å². The summed E-state index contributed by atoms with van der Waals surface area (Å²) in [5.41, 5.74) is 25.5. The molecule has 0 saturated heterocycles. The van der Waals surface area contributed by atoms with E-state index in [2.05, 4.69) is 0 Å². The van der Waals surface area contributed by atoms with Gasteiger partial charge in [0, 0.05) is 5.56 Å². The molecule has 0 saturated carbocycles. The highest BCUT2D eigenvalue weighted by molar-refractivity contribution is 5.78. The number of nitrogens with one attached hydrogen (secondary N) is 3. The Morgan fingerprint density at radius 3 is 2.20 bits per heavy atom. The molecule has 0 fully saturated rings. The average Bonchev–Trinajstić information content (AvgIpc) is 2.22. The molecule has 73 valence electrons. The third-order valence-corrected chi connectivity index (χ3v) is 2.19. The normalized spacial score (nSPS) is 10.1. The Balaban J connectivity index is 2.58. The van der Waals surface area contributed by atoms with Crippen LogP contribution in [0.1, 0.15) is 0 Å². The zero-order valence-corrected chi connectivity index (χ0v) is 8.04. The van der Waals surface area contributed by atoms with Crippen LogP contribution in [0.3, 0.4) is 0 Å². The van der Waals surface area contributed by atoms with Crippen LogP contribution in [-0.4, -0.2) is 0 Å². The van der Waals surface area contributed by atoms with Crippen molar-refractivity contribution < 1.29 is 0 Å². The van der Waals surface area contributed by atoms with Gasteiger partial charge in [-0.1, -0.05) is 12.1 Å². The quantitative estimate of drug-likeness (QED) is 0.672. The van der Waals surface area contributed by atoms with Gasteiger partial charge in [-0.2, -0.15) is 0 Å². The summed E-state index contributed by atoms with van der Waals surface area (Å²) in [6, 6.07) is 11.9. The van der Waals surface area contributed by atoms with E-state index >= 15 is 0 Å². The van der Waals surface area contributed by atoms with Crippen molar-refractivity contribution in [1.29, 1.82) is 0 Å². The van der Waals surface area contributed by atoms with E-state index in [1.54, 1.807) is 36.4 Å². The average molecular weight is 196 g/mol. The molecule has 0 atom stereocenters. The largest absolute Gasteiger partial charge is 0.301 e. The van der Waals surface area contributed by atoms with Crippen LogP contribution < -0.4 is 17.2 Å². The van der Waals surface area contributed by atoms with Crippen LogP contribution in [0, 0.1) is 0 Å². The maximum Gasteiger partial charge on any atom is 0.0619 e. The molecule has 2 rings (SSSR count). The standard InChI is InChI=1S/C12H10N3/c13-9-3-1-2-8(6-9)11-7-10(14)4-5-12(11)15/h1-7,13-15H. The smallest absolute Gasteiger partial charge is 0.0619 e. The molecule has 0 unspecified atom stereocenters. The van der Waals surface area contributed by atoms with Gasteiger partial charge in [0.25, 0.3) is 0 Å². The minimum absolute atomic E-state index is 0.386. The highest BCUT2D eigenvalue weighted by Gasteiger charge is 2.03. The second-order valence-electron chi connectivity index (χ2n) is 3.34. The maximum absolute atomic E-state index is 7.73. The van der Waals surface area contributed by atoms with E-state index in [-0.39, 0.29) is 0 Å². The highest BCUT2D eigenvalue weighted by Crippen LogP contribution is 2.30. The summed E-state index contributed by atoms with van der Waals surface area (Å²) < 4.78 is 0. The Hall–Kier alpha value is -2.16. The molecule has 2 aromatic rings. The van der Waals surface area contributed by atoms with Crippen LogP contribution in [0.2, 0.25) is 0 Å². The molecular formula is C12H10N3. The third-order valence-electron chi connectivity index (χ3n) is 2.19. The monoisotopic (exact) mass is 196 g/mol. The van der Waals surface area contributed by atoms with Gasteiger partial charge < -0.3 is 17.2 Å². The van der Waals surface area contributed by atoms with Crippen molar-refractivity contribution in [2.45, 2.75) is 0 Å². The molecule has 0 spiro atoms. The zero-order chi connectivity index (χ0) is 10.8. The Morgan fingerprint density at radius 2 is 1.47 bits per heavy atom. The molecule has 3 N–H and O–H groups in total. The van der Waals surface area contributed by atoms with Crippen LogP contribution in [0.4, 0.5) is 17.1 Å². The second-order valence-corrected chi connectivity index (χ2v) is 3.34. The summed E-state index contributed by atoms with van der Waals surface area (Å²) in [6.45, 7) is 0. The van der Waals surface area contributed by atoms with Crippen molar-refractivity contribution in [3.8, 4) is 11.1 Å². The number of benzene rings is 2. The fourth-order valence-corrected chi connectivity index (χ4v) is 1.47. The van der Waals surface area contributed by atoms with E-state index in [1.807, 2.05) is 6.07 Å². The maximum atomic E-state index is 7.73. The lowest BCUT2D eigenvalue weighted by Gasteiger charge is -2.06. The minimum atomic E-state index is 0.386. The van der Waals surface area contributed by atoms with Gasteiger partial charge in [-0.3, -0.25) is 0 Å². The molecule has 0 heterocycles. The summed E-state index contributed by atoms with van der Waals surface area (Å²) in [6.07, 6.45) is 0. The molecule has 0 amide bonds. The summed E-state index contributed by atoms with van der Waals surface area (Å²) in [4.78, 5) is 0. The van der Waals surface area contributed by atoms with Gasteiger partial charge in [-0.25, -0.2) is 0 Å². The van der Waals surface area contributed by atoms with Crippen molar-refractivity contribution in [1.82, 2.24) is 17.2 Å². The lowest BCUT2D eigenvalue weighted by atomic mass is 10.0. The molecule has 2 aromatic carbocycles.